The topological polar surface area (TPSA) is 43.9 Å². The van der Waals surface area contributed by atoms with Crippen LogP contribution in [0.1, 0.15) is 73.0 Å². The summed E-state index contributed by atoms with van der Waals surface area (Å²) in [7, 11) is 1.92. The standard InChI is InChI=1S/C35H40Cl2IN3O2/c1-25(42)39(2)35(28-9-5-3-6-10-28)17-21-41(22-18-35)32(27-13-16-30(36)31(37)23-27)24-33(40-19-7-4-8-20-40)34(43)26-11-14-29(38)15-12-26/h3,5-6,9-16,23,32-33H,4,7-8,17-22,24H2,1-2H3. The van der Waals surface area contributed by atoms with Crippen molar-refractivity contribution in [3.05, 3.63) is 103 Å². The van der Waals surface area contributed by atoms with E-state index in [0.29, 0.717) is 16.5 Å². The van der Waals surface area contributed by atoms with Crippen molar-refractivity contribution < 1.29 is 9.59 Å². The molecule has 43 heavy (non-hydrogen) atoms. The predicted octanol–water partition coefficient (Wildman–Crippen LogP) is 8.24. The van der Waals surface area contributed by atoms with Gasteiger partial charge in [0.1, 0.15) is 0 Å². The van der Waals surface area contributed by atoms with E-state index in [1.165, 1.54) is 12.0 Å². The van der Waals surface area contributed by atoms with Crippen LogP contribution in [0.4, 0.5) is 0 Å². The summed E-state index contributed by atoms with van der Waals surface area (Å²) in [5.74, 6) is 0.238. The highest BCUT2D eigenvalue weighted by molar-refractivity contribution is 14.1. The molecule has 2 aliphatic rings. The van der Waals surface area contributed by atoms with Crippen molar-refractivity contribution in [3.8, 4) is 0 Å². The first-order valence-corrected chi connectivity index (χ1v) is 17.1. The number of nitrogens with zero attached hydrogens (tertiary/aromatic N) is 3. The fourth-order valence-corrected chi connectivity index (χ4v) is 7.62. The van der Waals surface area contributed by atoms with E-state index in [4.69, 9.17) is 23.2 Å². The minimum absolute atomic E-state index is 0.0362. The summed E-state index contributed by atoms with van der Waals surface area (Å²) in [6.45, 7) is 5.06. The molecule has 5 nitrogen and oxygen atoms in total. The zero-order valence-corrected chi connectivity index (χ0v) is 28.6. The summed E-state index contributed by atoms with van der Waals surface area (Å²) in [6.07, 6.45) is 5.66. The summed E-state index contributed by atoms with van der Waals surface area (Å²) in [5.41, 5.74) is 2.61. The maximum Gasteiger partial charge on any atom is 0.219 e. The average molecular weight is 733 g/mol. The third kappa shape index (κ3) is 7.30. The SMILES string of the molecule is CC(=O)N(C)C1(c2ccccc2)CCN(C(CC(C(=O)c2ccc(I)cc2)N2CCCCC2)c2ccc(Cl)c(Cl)c2)CC1. The van der Waals surface area contributed by atoms with Crippen LogP contribution in [0.25, 0.3) is 0 Å². The number of halogens is 3. The van der Waals surface area contributed by atoms with Crippen molar-refractivity contribution in [2.75, 3.05) is 33.2 Å². The van der Waals surface area contributed by atoms with E-state index < -0.39 is 0 Å². The van der Waals surface area contributed by atoms with Gasteiger partial charge in [-0.1, -0.05) is 78.2 Å². The van der Waals surface area contributed by atoms with Crippen LogP contribution >= 0.6 is 45.8 Å². The molecule has 3 aromatic rings. The molecule has 0 bridgehead atoms. The van der Waals surface area contributed by atoms with Gasteiger partial charge in [-0.15, -0.1) is 0 Å². The van der Waals surface area contributed by atoms with E-state index in [2.05, 4.69) is 62.7 Å². The first-order chi connectivity index (χ1) is 20.7. The van der Waals surface area contributed by atoms with Gasteiger partial charge in [0.2, 0.25) is 5.91 Å². The number of hydrogen-bond donors (Lipinski definition) is 0. The molecule has 0 N–H and O–H groups in total. The number of likely N-dealkylation sites (tertiary alicyclic amines) is 2. The summed E-state index contributed by atoms with van der Waals surface area (Å²) < 4.78 is 1.11. The molecule has 2 unspecified atom stereocenters. The van der Waals surface area contributed by atoms with E-state index in [-0.39, 0.29) is 29.3 Å². The lowest BCUT2D eigenvalue weighted by Crippen LogP contribution is -2.54. The molecule has 2 atom stereocenters. The van der Waals surface area contributed by atoms with Crippen molar-refractivity contribution in [2.45, 2.75) is 63.1 Å². The quantitative estimate of drug-likeness (QED) is 0.164. The maximum absolute atomic E-state index is 14.2. The van der Waals surface area contributed by atoms with Gasteiger partial charge >= 0.3 is 0 Å². The number of benzene rings is 3. The van der Waals surface area contributed by atoms with Crippen molar-refractivity contribution in [1.29, 1.82) is 0 Å². The van der Waals surface area contributed by atoms with Gasteiger partial charge in [0, 0.05) is 42.2 Å². The van der Waals surface area contributed by atoms with E-state index in [1.807, 2.05) is 54.4 Å². The summed E-state index contributed by atoms with van der Waals surface area (Å²) >= 11 is 15.2. The molecule has 5 rings (SSSR count). The number of rotatable bonds is 9. The van der Waals surface area contributed by atoms with Crippen molar-refractivity contribution in [2.24, 2.45) is 0 Å². The summed E-state index contributed by atoms with van der Waals surface area (Å²) in [5, 5.41) is 1.05. The van der Waals surface area contributed by atoms with E-state index in [9.17, 15) is 9.59 Å². The van der Waals surface area contributed by atoms with Crippen LogP contribution in [0.5, 0.6) is 0 Å². The number of piperidine rings is 2. The Balaban J connectivity index is 1.49. The summed E-state index contributed by atoms with van der Waals surface area (Å²) in [4.78, 5) is 33.8. The number of amides is 1. The molecule has 228 valence electrons. The molecule has 0 aromatic heterocycles. The molecule has 0 spiro atoms. The zero-order chi connectivity index (χ0) is 30.6. The first-order valence-electron chi connectivity index (χ1n) is 15.2. The number of carbonyl (C=O) groups is 2. The van der Waals surface area contributed by atoms with Gasteiger partial charge in [-0.2, -0.15) is 0 Å². The molecule has 0 radical (unpaired) electrons. The Hall–Kier alpha value is -1.97. The van der Waals surface area contributed by atoms with Gasteiger partial charge in [-0.3, -0.25) is 19.4 Å². The molecular weight excluding hydrogens is 692 g/mol. The van der Waals surface area contributed by atoms with E-state index >= 15 is 0 Å². The number of ketones is 1. The van der Waals surface area contributed by atoms with Gasteiger partial charge in [0.15, 0.2) is 5.78 Å². The average Bonchev–Trinajstić information content (AvgIpc) is 3.03. The minimum Gasteiger partial charge on any atom is -0.336 e. The van der Waals surface area contributed by atoms with Crippen molar-refractivity contribution in [3.63, 3.8) is 0 Å². The lowest BCUT2D eigenvalue weighted by atomic mass is 9.78. The molecule has 2 saturated heterocycles. The Kier molecular flexibility index (Phi) is 10.9. The highest BCUT2D eigenvalue weighted by Crippen LogP contribution is 2.42. The molecule has 1 amide bonds. The largest absolute Gasteiger partial charge is 0.336 e. The molecule has 3 aromatic carbocycles. The van der Waals surface area contributed by atoms with E-state index in [1.54, 1.807) is 6.92 Å². The molecular formula is C35H40Cl2IN3O2. The fraction of sp³-hybridized carbons (Fsp3) is 0.429. The van der Waals surface area contributed by atoms with Gasteiger partial charge < -0.3 is 4.90 Å². The smallest absolute Gasteiger partial charge is 0.219 e. The molecule has 2 aliphatic heterocycles. The van der Waals surface area contributed by atoms with Gasteiger partial charge in [-0.05, 0) is 103 Å². The maximum atomic E-state index is 14.2. The van der Waals surface area contributed by atoms with E-state index in [0.717, 1.165) is 66.6 Å². The lowest BCUT2D eigenvalue weighted by Gasteiger charge is -2.50. The normalized spacial score (nSPS) is 19.0. The van der Waals surface area contributed by atoms with Crippen LogP contribution in [0.15, 0.2) is 72.8 Å². The Morgan fingerprint density at radius 2 is 1.51 bits per heavy atom. The molecule has 8 heteroatoms. The minimum atomic E-state index is -0.380. The second kappa shape index (κ2) is 14.4. The van der Waals surface area contributed by atoms with Crippen LogP contribution in [0.3, 0.4) is 0 Å². The molecule has 0 saturated carbocycles. The molecule has 2 fully saturated rings. The van der Waals surface area contributed by atoms with Crippen LogP contribution in [0.2, 0.25) is 10.0 Å². The van der Waals surface area contributed by atoms with Gasteiger partial charge in [0.25, 0.3) is 0 Å². The second-order valence-electron chi connectivity index (χ2n) is 11.9. The Morgan fingerprint density at radius 1 is 0.860 bits per heavy atom. The monoisotopic (exact) mass is 731 g/mol. The second-order valence-corrected chi connectivity index (χ2v) is 14.0. The number of Topliss-reactive ketones (excluding diaryl/α,β-unsaturated/α-hetero) is 1. The van der Waals surface area contributed by atoms with Gasteiger partial charge in [-0.25, -0.2) is 0 Å². The summed E-state index contributed by atoms with van der Waals surface area (Å²) in [6, 6.07) is 23.9. The number of carbonyl (C=O) groups excluding carboxylic acids is 2. The number of hydrogen-bond acceptors (Lipinski definition) is 4. The van der Waals surface area contributed by atoms with Crippen molar-refractivity contribution >= 4 is 57.5 Å². The van der Waals surface area contributed by atoms with Crippen LogP contribution in [-0.4, -0.2) is 65.7 Å². The van der Waals surface area contributed by atoms with Gasteiger partial charge in [0.05, 0.1) is 21.6 Å². The molecule has 0 aliphatic carbocycles. The fourth-order valence-electron chi connectivity index (χ4n) is 6.96. The van der Waals surface area contributed by atoms with Crippen LogP contribution < -0.4 is 0 Å². The highest BCUT2D eigenvalue weighted by atomic mass is 127. The predicted molar refractivity (Wildman–Crippen MR) is 184 cm³/mol. The third-order valence-electron chi connectivity index (χ3n) is 9.53. The highest BCUT2D eigenvalue weighted by Gasteiger charge is 2.43. The van der Waals surface area contributed by atoms with Crippen LogP contribution in [-0.2, 0) is 10.3 Å². The Bertz CT molecular complexity index is 1400. The van der Waals surface area contributed by atoms with Crippen LogP contribution in [0, 0.1) is 3.57 Å². The lowest BCUT2D eigenvalue weighted by molar-refractivity contribution is -0.136. The third-order valence-corrected chi connectivity index (χ3v) is 11.0. The molecule has 2 heterocycles. The first kappa shape index (κ1) is 32.4. The van der Waals surface area contributed by atoms with Crippen molar-refractivity contribution in [1.82, 2.24) is 14.7 Å². The zero-order valence-electron chi connectivity index (χ0n) is 24.9. The Morgan fingerprint density at radius 3 is 2.12 bits per heavy atom. The Labute approximate surface area is 279 Å².